The average Bonchev–Trinajstić information content (AvgIpc) is 3.21. The Hall–Kier alpha value is -3.48. The van der Waals surface area contributed by atoms with Gasteiger partial charge < -0.3 is 14.2 Å². The maximum absolute atomic E-state index is 12.8. The van der Waals surface area contributed by atoms with Crippen molar-refractivity contribution in [3.05, 3.63) is 60.6 Å². The van der Waals surface area contributed by atoms with Gasteiger partial charge in [-0.25, -0.2) is 9.97 Å². The molecule has 0 unspecified atom stereocenters. The highest BCUT2D eigenvalue weighted by Crippen LogP contribution is 2.19. The second kappa shape index (κ2) is 6.35. The van der Waals surface area contributed by atoms with Crippen molar-refractivity contribution < 1.29 is 9.21 Å². The van der Waals surface area contributed by atoms with E-state index in [9.17, 15) is 4.79 Å². The number of nitrogens with zero attached hydrogens (tertiary/aromatic N) is 5. The van der Waals surface area contributed by atoms with Gasteiger partial charge in [0.15, 0.2) is 12.0 Å². The highest BCUT2D eigenvalue weighted by atomic mass is 16.3. The molecule has 0 radical (unpaired) electrons. The number of oxazole rings is 1. The molecule has 2 aromatic carbocycles. The number of amides is 1. The Morgan fingerprint density at radius 1 is 0.926 bits per heavy atom. The molecular formula is C20H17N5O2. The normalized spacial score (nSPS) is 14.8. The van der Waals surface area contributed by atoms with E-state index in [1.807, 2.05) is 29.2 Å². The largest absolute Gasteiger partial charge is 0.443 e. The summed E-state index contributed by atoms with van der Waals surface area (Å²) in [4.78, 5) is 30.1. The fourth-order valence-corrected chi connectivity index (χ4v) is 3.41. The fourth-order valence-electron chi connectivity index (χ4n) is 3.41. The van der Waals surface area contributed by atoms with Crippen molar-refractivity contribution in [2.75, 3.05) is 31.1 Å². The molecule has 0 spiro atoms. The quantitative estimate of drug-likeness (QED) is 0.548. The lowest BCUT2D eigenvalue weighted by Gasteiger charge is -2.35. The summed E-state index contributed by atoms with van der Waals surface area (Å²) in [5.74, 6) is 0.869. The van der Waals surface area contributed by atoms with Gasteiger partial charge in [-0.15, -0.1) is 0 Å². The lowest BCUT2D eigenvalue weighted by Crippen LogP contribution is -2.49. The monoisotopic (exact) mass is 359 g/mol. The van der Waals surface area contributed by atoms with Crippen LogP contribution in [0.2, 0.25) is 0 Å². The molecular weight excluding hydrogens is 342 g/mol. The summed E-state index contributed by atoms with van der Waals surface area (Å²) in [7, 11) is 0. The lowest BCUT2D eigenvalue weighted by atomic mass is 10.1. The van der Waals surface area contributed by atoms with Gasteiger partial charge in [-0.05, 0) is 30.3 Å². The second-order valence-electron chi connectivity index (χ2n) is 6.53. The summed E-state index contributed by atoms with van der Waals surface area (Å²) in [5, 5.41) is 0. The molecule has 7 heteroatoms. The van der Waals surface area contributed by atoms with Crippen LogP contribution >= 0.6 is 0 Å². The molecule has 4 aromatic rings. The Morgan fingerprint density at radius 3 is 2.59 bits per heavy atom. The maximum Gasteiger partial charge on any atom is 0.254 e. The summed E-state index contributed by atoms with van der Waals surface area (Å²) in [6.45, 7) is 2.74. The van der Waals surface area contributed by atoms with E-state index in [4.69, 9.17) is 9.40 Å². The Balaban J connectivity index is 1.30. The second-order valence-corrected chi connectivity index (χ2v) is 6.53. The van der Waals surface area contributed by atoms with Gasteiger partial charge in [0.2, 0.25) is 0 Å². The van der Waals surface area contributed by atoms with Crippen molar-refractivity contribution >= 4 is 33.9 Å². The van der Waals surface area contributed by atoms with Crippen molar-refractivity contribution in [2.24, 2.45) is 0 Å². The van der Waals surface area contributed by atoms with Gasteiger partial charge in [-0.1, -0.05) is 12.1 Å². The number of piperazine rings is 1. The van der Waals surface area contributed by atoms with Crippen LogP contribution in [0.3, 0.4) is 0 Å². The molecule has 0 aliphatic carbocycles. The Kier molecular flexibility index (Phi) is 3.71. The van der Waals surface area contributed by atoms with Gasteiger partial charge in [-0.2, -0.15) is 0 Å². The first-order valence-electron chi connectivity index (χ1n) is 8.87. The molecule has 7 nitrogen and oxygen atoms in total. The number of hydrogen-bond donors (Lipinski definition) is 0. The summed E-state index contributed by atoms with van der Waals surface area (Å²) in [6, 6.07) is 13.2. The predicted octanol–water partition coefficient (Wildman–Crippen LogP) is 2.73. The summed E-state index contributed by atoms with van der Waals surface area (Å²) >= 11 is 0. The highest BCUT2D eigenvalue weighted by Gasteiger charge is 2.23. The van der Waals surface area contributed by atoms with Crippen LogP contribution in [-0.2, 0) is 0 Å². The van der Waals surface area contributed by atoms with Crippen LogP contribution in [0.15, 0.2) is 59.5 Å². The SMILES string of the molecule is O=C(c1ccc2ocnc2c1)N1CCN(c2cnc3ccccc3n2)CC1. The van der Waals surface area contributed by atoms with Gasteiger partial charge in [0, 0.05) is 31.7 Å². The number of rotatable bonds is 2. The van der Waals surface area contributed by atoms with E-state index in [0.29, 0.717) is 29.8 Å². The molecule has 2 aromatic heterocycles. The van der Waals surface area contributed by atoms with Crippen LogP contribution in [0.5, 0.6) is 0 Å². The molecule has 1 amide bonds. The van der Waals surface area contributed by atoms with Crippen LogP contribution in [-0.4, -0.2) is 51.9 Å². The van der Waals surface area contributed by atoms with E-state index >= 15 is 0 Å². The molecule has 1 fully saturated rings. The fraction of sp³-hybridized carbons (Fsp3) is 0.200. The van der Waals surface area contributed by atoms with Crippen molar-refractivity contribution in [1.82, 2.24) is 19.9 Å². The third kappa shape index (κ3) is 2.87. The van der Waals surface area contributed by atoms with E-state index in [2.05, 4.69) is 14.9 Å². The minimum Gasteiger partial charge on any atom is -0.443 e. The minimum atomic E-state index is 0.0177. The number of carbonyl (C=O) groups is 1. The molecule has 0 bridgehead atoms. The van der Waals surface area contributed by atoms with Crippen molar-refractivity contribution in [3.8, 4) is 0 Å². The number of para-hydroxylation sites is 2. The van der Waals surface area contributed by atoms with Crippen LogP contribution in [0.25, 0.3) is 22.1 Å². The van der Waals surface area contributed by atoms with Gasteiger partial charge in [0.25, 0.3) is 5.91 Å². The Labute approximate surface area is 155 Å². The summed E-state index contributed by atoms with van der Waals surface area (Å²) in [5.41, 5.74) is 3.79. The van der Waals surface area contributed by atoms with E-state index < -0.39 is 0 Å². The number of aromatic nitrogens is 3. The molecule has 0 N–H and O–H groups in total. The smallest absolute Gasteiger partial charge is 0.254 e. The van der Waals surface area contributed by atoms with Crippen LogP contribution in [0.4, 0.5) is 5.82 Å². The van der Waals surface area contributed by atoms with Crippen LogP contribution in [0, 0.1) is 0 Å². The van der Waals surface area contributed by atoms with E-state index in [1.165, 1.54) is 6.39 Å². The third-order valence-corrected chi connectivity index (χ3v) is 4.90. The number of hydrogen-bond acceptors (Lipinski definition) is 6. The first-order valence-corrected chi connectivity index (χ1v) is 8.87. The third-order valence-electron chi connectivity index (χ3n) is 4.90. The molecule has 134 valence electrons. The highest BCUT2D eigenvalue weighted by molar-refractivity contribution is 5.97. The Morgan fingerprint density at radius 2 is 1.74 bits per heavy atom. The molecule has 1 aliphatic heterocycles. The molecule has 5 rings (SSSR count). The van der Waals surface area contributed by atoms with E-state index in [0.717, 1.165) is 29.9 Å². The standard InChI is InChI=1S/C20H17N5O2/c26-20(14-5-6-18-17(11-14)22-13-27-18)25-9-7-24(8-10-25)19-12-21-15-3-1-2-4-16(15)23-19/h1-6,11-13H,7-10H2. The first kappa shape index (κ1) is 15.7. The number of benzene rings is 2. The van der Waals surface area contributed by atoms with E-state index in [1.54, 1.807) is 24.4 Å². The topological polar surface area (TPSA) is 75.4 Å². The van der Waals surface area contributed by atoms with Crippen LogP contribution in [0.1, 0.15) is 10.4 Å². The molecule has 0 saturated carbocycles. The summed E-state index contributed by atoms with van der Waals surface area (Å²) in [6.07, 6.45) is 3.20. The van der Waals surface area contributed by atoms with Crippen molar-refractivity contribution in [2.45, 2.75) is 0 Å². The average molecular weight is 359 g/mol. The van der Waals surface area contributed by atoms with Gasteiger partial charge in [-0.3, -0.25) is 9.78 Å². The predicted molar refractivity (Wildman–Crippen MR) is 102 cm³/mol. The Bertz CT molecular complexity index is 1130. The number of carbonyl (C=O) groups excluding carboxylic acids is 1. The maximum atomic E-state index is 12.8. The lowest BCUT2D eigenvalue weighted by molar-refractivity contribution is 0.0746. The molecule has 1 aliphatic rings. The van der Waals surface area contributed by atoms with Crippen LogP contribution < -0.4 is 4.90 Å². The zero-order valence-corrected chi connectivity index (χ0v) is 14.6. The molecule has 1 saturated heterocycles. The van der Waals surface area contributed by atoms with Gasteiger partial charge in [0.05, 0.1) is 17.2 Å². The molecule has 27 heavy (non-hydrogen) atoms. The number of anilines is 1. The number of fused-ring (bicyclic) bond motifs is 2. The molecule has 3 heterocycles. The molecule has 0 atom stereocenters. The van der Waals surface area contributed by atoms with Gasteiger partial charge >= 0.3 is 0 Å². The zero-order valence-electron chi connectivity index (χ0n) is 14.6. The van der Waals surface area contributed by atoms with Gasteiger partial charge in [0.1, 0.15) is 11.3 Å². The summed E-state index contributed by atoms with van der Waals surface area (Å²) < 4.78 is 5.24. The minimum absolute atomic E-state index is 0.0177. The zero-order chi connectivity index (χ0) is 18.2. The van der Waals surface area contributed by atoms with Crippen molar-refractivity contribution in [1.29, 1.82) is 0 Å². The van der Waals surface area contributed by atoms with E-state index in [-0.39, 0.29) is 5.91 Å². The van der Waals surface area contributed by atoms with Crippen molar-refractivity contribution in [3.63, 3.8) is 0 Å². The first-order chi connectivity index (χ1) is 13.3.